The highest BCUT2D eigenvalue weighted by Gasteiger charge is 2.30. The zero-order valence-corrected chi connectivity index (χ0v) is 14.7. The van der Waals surface area contributed by atoms with Crippen LogP contribution in [0.15, 0.2) is 54.6 Å². The van der Waals surface area contributed by atoms with Gasteiger partial charge in [0.1, 0.15) is 0 Å². The van der Waals surface area contributed by atoms with Crippen LogP contribution in [0, 0.1) is 0 Å². The zero-order valence-electron chi connectivity index (χ0n) is 14.7. The first kappa shape index (κ1) is 17.0. The maximum atomic E-state index is 10.6. The Kier molecular flexibility index (Phi) is 5.54. The van der Waals surface area contributed by atoms with E-state index >= 15 is 0 Å². The van der Waals surface area contributed by atoms with Crippen LogP contribution < -0.4 is 5.32 Å². The molecule has 0 amide bonds. The van der Waals surface area contributed by atoms with Gasteiger partial charge in [-0.25, -0.2) is 0 Å². The Morgan fingerprint density at radius 2 is 1.83 bits per heavy atom. The lowest BCUT2D eigenvalue weighted by molar-refractivity contribution is 0.0408. The fourth-order valence-electron chi connectivity index (χ4n) is 3.47. The second-order valence-electron chi connectivity index (χ2n) is 6.74. The summed E-state index contributed by atoms with van der Waals surface area (Å²) in [5, 5.41) is 14.1. The number of nitrogens with one attached hydrogen (secondary N) is 1. The third kappa shape index (κ3) is 3.97. The molecule has 1 saturated heterocycles. The smallest absolute Gasteiger partial charge is 0.0868 e. The molecule has 2 N–H and O–H groups in total. The number of likely N-dealkylation sites (tertiary alicyclic amines) is 1. The van der Waals surface area contributed by atoms with Gasteiger partial charge in [-0.3, -0.25) is 4.90 Å². The number of aliphatic hydroxyl groups is 1. The highest BCUT2D eigenvalue weighted by molar-refractivity contribution is 5.45. The van der Waals surface area contributed by atoms with E-state index in [1.165, 1.54) is 11.1 Å². The lowest BCUT2D eigenvalue weighted by Gasteiger charge is -2.40. The van der Waals surface area contributed by atoms with Crippen molar-refractivity contribution < 1.29 is 5.11 Å². The van der Waals surface area contributed by atoms with E-state index < -0.39 is 0 Å². The topological polar surface area (TPSA) is 35.5 Å². The average Bonchev–Trinajstić information content (AvgIpc) is 2.64. The predicted octanol–water partition coefficient (Wildman–Crippen LogP) is 3.86. The van der Waals surface area contributed by atoms with Crippen LogP contribution in [0.2, 0.25) is 0 Å². The monoisotopic (exact) mass is 324 g/mol. The minimum absolute atomic E-state index is 0.122. The van der Waals surface area contributed by atoms with E-state index in [0.29, 0.717) is 12.6 Å². The van der Waals surface area contributed by atoms with Gasteiger partial charge in [0.2, 0.25) is 0 Å². The molecule has 128 valence electrons. The molecule has 3 rings (SSSR count). The molecule has 1 fully saturated rings. The summed E-state index contributed by atoms with van der Waals surface area (Å²) in [5.41, 5.74) is 3.75. The Balaban J connectivity index is 1.58. The molecule has 1 aliphatic heterocycles. The molecule has 2 aromatic rings. The molecule has 0 spiro atoms. The number of rotatable bonds is 5. The van der Waals surface area contributed by atoms with E-state index in [4.69, 9.17) is 0 Å². The molecule has 3 unspecified atom stereocenters. The van der Waals surface area contributed by atoms with Gasteiger partial charge in [-0.05, 0) is 43.0 Å². The third-order valence-electron chi connectivity index (χ3n) is 5.16. The van der Waals surface area contributed by atoms with E-state index in [0.717, 1.165) is 25.1 Å². The van der Waals surface area contributed by atoms with E-state index in [1.54, 1.807) is 0 Å². The van der Waals surface area contributed by atoms with Gasteiger partial charge in [0.05, 0.1) is 12.1 Å². The van der Waals surface area contributed by atoms with Crippen molar-refractivity contribution in [1.82, 2.24) is 4.90 Å². The Labute approximate surface area is 145 Å². The maximum absolute atomic E-state index is 10.6. The molecule has 3 atom stereocenters. The van der Waals surface area contributed by atoms with Crippen LogP contribution in [-0.4, -0.2) is 35.2 Å². The van der Waals surface area contributed by atoms with Crippen LogP contribution >= 0.6 is 0 Å². The van der Waals surface area contributed by atoms with E-state index in [-0.39, 0.29) is 12.1 Å². The lowest BCUT2D eigenvalue weighted by Crippen LogP contribution is -2.50. The number of nitrogens with zero attached hydrogens (tertiary/aromatic N) is 1. The van der Waals surface area contributed by atoms with E-state index in [9.17, 15) is 5.11 Å². The summed E-state index contributed by atoms with van der Waals surface area (Å²) >= 11 is 0. The minimum atomic E-state index is -0.351. The molecule has 0 aliphatic carbocycles. The molecular weight excluding hydrogens is 296 g/mol. The van der Waals surface area contributed by atoms with Gasteiger partial charge in [-0.2, -0.15) is 0 Å². The standard InChI is InChI=1S/C21H28N2O/c1-3-17-9-11-19(12-10-17)22-20-13-14-23(15-21(20)24)16(2)18-7-5-4-6-8-18/h4-12,16,20-22,24H,3,13-15H2,1-2H3. The van der Waals surface area contributed by atoms with Crippen molar-refractivity contribution in [3.8, 4) is 0 Å². The summed E-state index contributed by atoms with van der Waals surface area (Å²) in [7, 11) is 0. The van der Waals surface area contributed by atoms with Crippen molar-refractivity contribution in [2.75, 3.05) is 18.4 Å². The summed E-state index contributed by atoms with van der Waals surface area (Å²) in [4.78, 5) is 2.37. The molecule has 3 heteroatoms. The highest BCUT2D eigenvalue weighted by Crippen LogP contribution is 2.25. The van der Waals surface area contributed by atoms with Crippen LogP contribution in [0.3, 0.4) is 0 Å². The van der Waals surface area contributed by atoms with Crippen molar-refractivity contribution in [3.05, 3.63) is 65.7 Å². The molecule has 3 nitrogen and oxygen atoms in total. The minimum Gasteiger partial charge on any atom is -0.390 e. The summed E-state index contributed by atoms with van der Waals surface area (Å²) in [5.74, 6) is 0. The Bertz CT molecular complexity index is 626. The zero-order chi connectivity index (χ0) is 16.9. The summed E-state index contributed by atoms with van der Waals surface area (Å²) in [6, 6.07) is 19.5. The molecule has 0 radical (unpaired) electrons. The van der Waals surface area contributed by atoms with Crippen LogP contribution in [0.5, 0.6) is 0 Å². The number of hydrogen-bond donors (Lipinski definition) is 2. The summed E-state index contributed by atoms with van der Waals surface area (Å²) in [6.07, 6.45) is 1.66. The van der Waals surface area contributed by atoms with Gasteiger partial charge >= 0.3 is 0 Å². The van der Waals surface area contributed by atoms with Crippen molar-refractivity contribution >= 4 is 5.69 Å². The number of aliphatic hydroxyl groups excluding tert-OH is 1. The molecular formula is C21H28N2O. The first-order valence-electron chi connectivity index (χ1n) is 9.00. The predicted molar refractivity (Wildman–Crippen MR) is 100 cm³/mol. The first-order valence-corrected chi connectivity index (χ1v) is 9.00. The average molecular weight is 324 g/mol. The highest BCUT2D eigenvalue weighted by atomic mass is 16.3. The second-order valence-corrected chi connectivity index (χ2v) is 6.74. The molecule has 2 aromatic carbocycles. The van der Waals surface area contributed by atoms with Crippen LogP contribution in [0.4, 0.5) is 5.69 Å². The number of anilines is 1. The van der Waals surface area contributed by atoms with Crippen molar-refractivity contribution in [3.63, 3.8) is 0 Å². The molecule has 1 heterocycles. The number of piperidine rings is 1. The molecule has 1 aliphatic rings. The molecule has 0 bridgehead atoms. The van der Waals surface area contributed by atoms with Gasteiger partial charge in [0.25, 0.3) is 0 Å². The van der Waals surface area contributed by atoms with Crippen LogP contribution in [0.25, 0.3) is 0 Å². The Morgan fingerprint density at radius 1 is 1.12 bits per heavy atom. The molecule has 0 aromatic heterocycles. The van der Waals surface area contributed by atoms with Crippen molar-refractivity contribution in [1.29, 1.82) is 0 Å². The third-order valence-corrected chi connectivity index (χ3v) is 5.16. The fourth-order valence-corrected chi connectivity index (χ4v) is 3.47. The second kappa shape index (κ2) is 7.82. The Morgan fingerprint density at radius 3 is 2.46 bits per heavy atom. The molecule has 24 heavy (non-hydrogen) atoms. The van der Waals surface area contributed by atoms with E-state index in [1.807, 2.05) is 6.07 Å². The largest absolute Gasteiger partial charge is 0.390 e. The fraction of sp³-hybridized carbons (Fsp3) is 0.429. The van der Waals surface area contributed by atoms with Gasteiger partial charge < -0.3 is 10.4 Å². The number of β-amino-alcohol motifs (C(OH)–C–C–N with tert-alkyl or cyclic N) is 1. The van der Waals surface area contributed by atoms with E-state index in [2.05, 4.69) is 72.6 Å². The van der Waals surface area contributed by atoms with Gasteiger partial charge in [-0.15, -0.1) is 0 Å². The van der Waals surface area contributed by atoms with Crippen molar-refractivity contribution in [2.45, 2.75) is 44.9 Å². The Hall–Kier alpha value is -1.84. The van der Waals surface area contributed by atoms with Crippen LogP contribution in [-0.2, 0) is 6.42 Å². The van der Waals surface area contributed by atoms with Crippen molar-refractivity contribution in [2.24, 2.45) is 0 Å². The maximum Gasteiger partial charge on any atom is 0.0868 e. The van der Waals surface area contributed by atoms with Gasteiger partial charge in [0, 0.05) is 24.8 Å². The van der Waals surface area contributed by atoms with Crippen LogP contribution in [0.1, 0.15) is 37.4 Å². The van der Waals surface area contributed by atoms with Gasteiger partial charge in [-0.1, -0.05) is 49.4 Å². The number of aryl methyl sites for hydroxylation is 1. The summed E-state index contributed by atoms with van der Waals surface area (Å²) < 4.78 is 0. The quantitative estimate of drug-likeness (QED) is 0.877. The number of hydrogen-bond acceptors (Lipinski definition) is 3. The van der Waals surface area contributed by atoms with Gasteiger partial charge in [0.15, 0.2) is 0 Å². The molecule has 0 saturated carbocycles. The normalized spacial score (nSPS) is 23.0. The SMILES string of the molecule is CCc1ccc(NC2CCN(C(C)c3ccccc3)CC2O)cc1. The number of benzene rings is 2. The summed E-state index contributed by atoms with van der Waals surface area (Å²) in [6.45, 7) is 6.09. The lowest BCUT2D eigenvalue weighted by atomic mass is 9.97. The first-order chi connectivity index (χ1) is 11.7.